The molecule has 0 bridgehead atoms. The zero-order valence-corrected chi connectivity index (χ0v) is 13.2. The number of hydrogen-bond acceptors (Lipinski definition) is 3. The fourth-order valence-corrected chi connectivity index (χ4v) is 3.33. The third kappa shape index (κ3) is 2.44. The number of carbonyl (C=O) groups excluding carboxylic acids is 2. The predicted octanol–water partition coefficient (Wildman–Crippen LogP) is 3.60. The van der Waals surface area contributed by atoms with Crippen LogP contribution in [0.5, 0.6) is 0 Å². The van der Waals surface area contributed by atoms with Gasteiger partial charge in [0.1, 0.15) is 0 Å². The first-order valence-corrected chi connectivity index (χ1v) is 7.85. The van der Waals surface area contributed by atoms with Gasteiger partial charge in [-0.15, -0.1) is 11.3 Å². The van der Waals surface area contributed by atoms with Crippen LogP contribution in [0, 0.1) is 0 Å². The highest BCUT2D eigenvalue weighted by Gasteiger charge is 2.34. The molecule has 2 amide bonds. The minimum absolute atomic E-state index is 0.0525. The summed E-state index contributed by atoms with van der Waals surface area (Å²) in [4.78, 5) is 27.5. The summed E-state index contributed by atoms with van der Waals surface area (Å²) >= 11 is 1.53. The molecule has 0 radical (unpaired) electrons. The van der Waals surface area contributed by atoms with Crippen LogP contribution >= 0.6 is 11.3 Å². The third-order valence-corrected chi connectivity index (χ3v) is 4.80. The molecule has 2 aromatic rings. The van der Waals surface area contributed by atoms with Gasteiger partial charge in [-0.3, -0.25) is 4.79 Å². The third-order valence-electron chi connectivity index (χ3n) is 3.86. The molecule has 4 nitrogen and oxygen atoms in total. The number of hydrogen-bond donors (Lipinski definition) is 1. The smallest absolute Gasteiger partial charge is 0.322 e. The van der Waals surface area contributed by atoms with Crippen LogP contribution in [0.25, 0.3) is 0 Å². The Bertz CT molecular complexity index is 735. The molecule has 5 heteroatoms. The fourth-order valence-electron chi connectivity index (χ4n) is 2.54. The van der Waals surface area contributed by atoms with Crippen LogP contribution in [-0.4, -0.2) is 23.8 Å². The summed E-state index contributed by atoms with van der Waals surface area (Å²) in [5.41, 5.74) is 1.94. The van der Waals surface area contributed by atoms with Crippen molar-refractivity contribution in [1.29, 1.82) is 0 Å². The van der Waals surface area contributed by atoms with Crippen molar-refractivity contribution in [3.05, 3.63) is 69.6 Å². The molecular weight excluding hydrogens is 296 g/mol. The van der Waals surface area contributed by atoms with E-state index < -0.39 is 6.04 Å². The van der Waals surface area contributed by atoms with Crippen LogP contribution < -0.4 is 5.32 Å². The van der Waals surface area contributed by atoms with Gasteiger partial charge in [0, 0.05) is 28.8 Å². The summed E-state index contributed by atoms with van der Waals surface area (Å²) in [5, 5.41) is 4.86. The highest BCUT2D eigenvalue weighted by molar-refractivity contribution is 7.10. The molecule has 0 aliphatic carbocycles. The summed E-state index contributed by atoms with van der Waals surface area (Å²) in [6.07, 6.45) is 0. The highest BCUT2D eigenvalue weighted by atomic mass is 32.1. The van der Waals surface area contributed by atoms with Crippen molar-refractivity contribution in [1.82, 2.24) is 10.2 Å². The van der Waals surface area contributed by atoms with Gasteiger partial charge in [0.2, 0.25) is 0 Å². The summed E-state index contributed by atoms with van der Waals surface area (Å²) in [6, 6.07) is 12.4. The second kappa shape index (κ2) is 5.77. The number of allylic oxidation sites excluding steroid dienone is 1. The van der Waals surface area contributed by atoms with Crippen molar-refractivity contribution >= 4 is 23.2 Å². The molecule has 1 N–H and O–H groups in total. The summed E-state index contributed by atoms with van der Waals surface area (Å²) in [5.74, 6) is -0.0525. The van der Waals surface area contributed by atoms with Crippen molar-refractivity contribution in [2.45, 2.75) is 13.0 Å². The maximum absolute atomic E-state index is 12.9. The molecule has 1 atom stereocenters. The molecule has 22 heavy (non-hydrogen) atoms. The topological polar surface area (TPSA) is 49.4 Å². The molecule has 0 fully saturated rings. The summed E-state index contributed by atoms with van der Waals surface area (Å²) in [6.45, 7) is 1.82. The average molecular weight is 312 g/mol. The molecule has 1 aliphatic heterocycles. The van der Waals surface area contributed by atoms with Crippen molar-refractivity contribution in [2.24, 2.45) is 0 Å². The van der Waals surface area contributed by atoms with Crippen LogP contribution in [0.2, 0.25) is 0 Å². The number of thiophene rings is 1. The number of nitrogens with zero attached hydrogens (tertiary/aromatic N) is 1. The Kier molecular flexibility index (Phi) is 3.81. The van der Waals surface area contributed by atoms with Crippen LogP contribution in [-0.2, 0) is 0 Å². The lowest BCUT2D eigenvalue weighted by Crippen LogP contribution is -2.45. The number of nitrogens with one attached hydrogen (secondary N) is 1. The standard InChI is InChI=1S/C17H16N2O2S/c1-11-14(16(20)12-7-4-3-5-8-12)15(13-9-6-10-22-13)18-17(21)19(11)2/h3-10,15H,1-2H3,(H,18,21). The minimum Gasteiger partial charge on any atom is -0.326 e. The van der Waals surface area contributed by atoms with Gasteiger partial charge in [0.15, 0.2) is 5.78 Å². The Balaban J connectivity index is 2.10. The molecule has 1 unspecified atom stereocenters. The van der Waals surface area contributed by atoms with E-state index in [4.69, 9.17) is 0 Å². The van der Waals surface area contributed by atoms with Gasteiger partial charge >= 0.3 is 6.03 Å². The lowest BCUT2D eigenvalue weighted by molar-refractivity contribution is 0.101. The minimum atomic E-state index is -0.392. The second-order valence-electron chi connectivity index (χ2n) is 5.15. The van der Waals surface area contributed by atoms with Gasteiger partial charge in [-0.1, -0.05) is 36.4 Å². The van der Waals surface area contributed by atoms with Crippen molar-refractivity contribution in [2.75, 3.05) is 7.05 Å². The van der Waals surface area contributed by atoms with Crippen LogP contribution in [0.3, 0.4) is 0 Å². The zero-order chi connectivity index (χ0) is 15.7. The van der Waals surface area contributed by atoms with E-state index in [0.717, 1.165) is 4.88 Å². The van der Waals surface area contributed by atoms with E-state index in [1.165, 1.54) is 16.2 Å². The Labute approximate surface area is 133 Å². The number of urea groups is 1. The molecule has 0 saturated carbocycles. The molecule has 0 spiro atoms. The molecule has 1 aliphatic rings. The van der Waals surface area contributed by atoms with E-state index in [-0.39, 0.29) is 11.8 Å². The fraction of sp³-hybridized carbons (Fsp3) is 0.176. The number of ketones is 1. The number of rotatable bonds is 3. The van der Waals surface area contributed by atoms with E-state index in [0.29, 0.717) is 16.8 Å². The van der Waals surface area contributed by atoms with E-state index in [9.17, 15) is 9.59 Å². The van der Waals surface area contributed by atoms with Crippen molar-refractivity contribution in [3.63, 3.8) is 0 Å². The SMILES string of the molecule is CC1=C(C(=O)c2ccccc2)C(c2cccs2)NC(=O)N1C. The molecule has 1 aromatic heterocycles. The number of amides is 2. The van der Waals surface area contributed by atoms with E-state index in [2.05, 4.69) is 5.32 Å². The maximum atomic E-state index is 12.9. The van der Waals surface area contributed by atoms with Gasteiger partial charge in [-0.25, -0.2) is 4.79 Å². The Morgan fingerprint density at radius 3 is 2.55 bits per heavy atom. The first-order chi connectivity index (χ1) is 10.6. The van der Waals surface area contributed by atoms with Gasteiger partial charge in [-0.2, -0.15) is 0 Å². The van der Waals surface area contributed by atoms with E-state index in [1.807, 2.05) is 42.6 Å². The summed E-state index contributed by atoms with van der Waals surface area (Å²) < 4.78 is 0. The quantitative estimate of drug-likeness (QED) is 0.880. The lowest BCUT2D eigenvalue weighted by atomic mass is 9.92. The molecule has 2 heterocycles. The molecule has 3 rings (SSSR count). The zero-order valence-electron chi connectivity index (χ0n) is 12.4. The summed E-state index contributed by atoms with van der Waals surface area (Å²) in [7, 11) is 1.67. The van der Waals surface area contributed by atoms with Gasteiger partial charge in [0.25, 0.3) is 0 Å². The van der Waals surface area contributed by atoms with Gasteiger partial charge in [-0.05, 0) is 18.4 Å². The predicted molar refractivity (Wildman–Crippen MR) is 86.8 cm³/mol. The van der Waals surface area contributed by atoms with Crippen LogP contribution in [0.4, 0.5) is 4.79 Å². The number of Topliss-reactive ketones (excluding diaryl/α,β-unsaturated/α-hetero) is 1. The second-order valence-corrected chi connectivity index (χ2v) is 6.13. The first kappa shape index (κ1) is 14.5. The monoisotopic (exact) mass is 312 g/mol. The van der Waals surface area contributed by atoms with Gasteiger partial charge in [0.05, 0.1) is 6.04 Å². The normalized spacial score (nSPS) is 18.4. The van der Waals surface area contributed by atoms with E-state index >= 15 is 0 Å². The van der Waals surface area contributed by atoms with Crippen molar-refractivity contribution < 1.29 is 9.59 Å². The molecule has 112 valence electrons. The number of benzene rings is 1. The molecule has 1 aromatic carbocycles. The Hall–Kier alpha value is -2.40. The maximum Gasteiger partial charge on any atom is 0.322 e. The van der Waals surface area contributed by atoms with Gasteiger partial charge < -0.3 is 10.2 Å². The number of carbonyl (C=O) groups is 2. The molecule has 0 saturated heterocycles. The van der Waals surface area contributed by atoms with Crippen LogP contribution in [0.1, 0.15) is 28.2 Å². The first-order valence-electron chi connectivity index (χ1n) is 6.97. The van der Waals surface area contributed by atoms with E-state index in [1.54, 1.807) is 19.2 Å². The Morgan fingerprint density at radius 2 is 1.91 bits per heavy atom. The lowest BCUT2D eigenvalue weighted by Gasteiger charge is -2.33. The van der Waals surface area contributed by atoms with Crippen molar-refractivity contribution in [3.8, 4) is 0 Å². The molecular formula is C17H16N2O2S. The highest BCUT2D eigenvalue weighted by Crippen LogP contribution is 2.34. The largest absolute Gasteiger partial charge is 0.326 e. The van der Waals surface area contributed by atoms with Crippen LogP contribution in [0.15, 0.2) is 59.1 Å². The average Bonchev–Trinajstić information content (AvgIpc) is 3.07. The Morgan fingerprint density at radius 1 is 1.18 bits per heavy atom.